The molecule has 4 rings (SSSR count). The summed E-state index contributed by atoms with van der Waals surface area (Å²) in [6.45, 7) is 1.95. The highest BCUT2D eigenvalue weighted by atomic mass is 32.2. The lowest BCUT2D eigenvalue weighted by atomic mass is 10.1. The number of ether oxygens (including phenoxy) is 2. The fourth-order valence-corrected chi connectivity index (χ4v) is 4.79. The lowest BCUT2D eigenvalue weighted by Crippen LogP contribution is -2.28. The van der Waals surface area contributed by atoms with Gasteiger partial charge in [0.05, 0.1) is 28.2 Å². The molecular weight excluding hydrogens is 472 g/mol. The zero-order chi connectivity index (χ0) is 24.2. The third kappa shape index (κ3) is 4.80. The smallest absolute Gasteiger partial charge is 0.276 e. The molecule has 9 heteroatoms. The summed E-state index contributed by atoms with van der Waals surface area (Å²) in [6.07, 6.45) is 1.76. The summed E-state index contributed by atoms with van der Waals surface area (Å²) in [5, 5.41) is 11.2. The third-order valence-electron chi connectivity index (χ3n) is 5.21. The van der Waals surface area contributed by atoms with Gasteiger partial charge in [-0.05, 0) is 48.4 Å². The van der Waals surface area contributed by atoms with Gasteiger partial charge in [-0.15, -0.1) is 0 Å². The van der Waals surface area contributed by atoms with Crippen LogP contribution >= 0.6 is 24.0 Å². The molecule has 0 saturated carbocycles. The van der Waals surface area contributed by atoms with E-state index in [0.29, 0.717) is 26.3 Å². The second-order valence-electron chi connectivity index (χ2n) is 7.39. The summed E-state index contributed by atoms with van der Waals surface area (Å²) in [7, 11) is 1.51. The van der Waals surface area contributed by atoms with E-state index in [0.717, 1.165) is 16.8 Å². The van der Waals surface area contributed by atoms with Crippen molar-refractivity contribution in [3.63, 3.8) is 0 Å². The molecule has 0 spiro atoms. The molecule has 172 valence electrons. The predicted molar refractivity (Wildman–Crippen MR) is 137 cm³/mol. The van der Waals surface area contributed by atoms with E-state index >= 15 is 0 Å². The molecule has 1 aliphatic heterocycles. The minimum atomic E-state index is -0.438. The van der Waals surface area contributed by atoms with Gasteiger partial charge in [0.25, 0.3) is 11.6 Å². The van der Waals surface area contributed by atoms with Crippen molar-refractivity contribution in [3.05, 3.63) is 98.4 Å². The number of methoxy groups -OCH3 is 1. The largest absolute Gasteiger partial charge is 0.493 e. The Balaban J connectivity index is 1.55. The Labute approximate surface area is 206 Å². The summed E-state index contributed by atoms with van der Waals surface area (Å²) >= 11 is 6.71. The number of benzene rings is 3. The summed E-state index contributed by atoms with van der Waals surface area (Å²) in [5.74, 6) is 0.701. The Hall–Kier alpha value is -3.69. The molecule has 3 aromatic carbocycles. The standard InChI is InChI=1S/C25H20N2O5S2/c1-16-7-3-5-9-19(16)26-24(28)23(34-25(26)33)14-17-11-12-21(22(13-17)31-2)32-15-18-8-4-6-10-20(18)27(29)30/h3-14H,15H2,1-2H3/b23-14-. The first kappa shape index (κ1) is 23.5. The van der Waals surface area contributed by atoms with Crippen LogP contribution in [0.1, 0.15) is 16.7 Å². The van der Waals surface area contributed by atoms with Gasteiger partial charge in [-0.1, -0.05) is 60.4 Å². The molecule has 0 radical (unpaired) electrons. The Morgan fingerprint density at radius 2 is 1.82 bits per heavy atom. The van der Waals surface area contributed by atoms with Gasteiger partial charge < -0.3 is 9.47 Å². The predicted octanol–water partition coefficient (Wildman–Crippen LogP) is 5.90. The molecule has 0 bridgehead atoms. The minimum absolute atomic E-state index is 0.00577. The molecule has 0 N–H and O–H groups in total. The van der Waals surface area contributed by atoms with E-state index < -0.39 is 4.92 Å². The van der Waals surface area contributed by atoms with Gasteiger partial charge in [0.2, 0.25) is 0 Å². The molecule has 0 unspecified atom stereocenters. The molecule has 0 aromatic heterocycles. The summed E-state index contributed by atoms with van der Waals surface area (Å²) in [4.78, 5) is 25.9. The van der Waals surface area contributed by atoms with Crippen molar-refractivity contribution in [1.29, 1.82) is 0 Å². The van der Waals surface area contributed by atoms with Crippen LogP contribution in [0.2, 0.25) is 0 Å². The molecule has 1 saturated heterocycles. The van der Waals surface area contributed by atoms with Crippen LogP contribution < -0.4 is 14.4 Å². The van der Waals surface area contributed by atoms with E-state index in [4.69, 9.17) is 21.7 Å². The van der Waals surface area contributed by atoms with Crippen LogP contribution in [0.5, 0.6) is 11.5 Å². The number of para-hydroxylation sites is 2. The van der Waals surface area contributed by atoms with E-state index in [2.05, 4.69) is 0 Å². The van der Waals surface area contributed by atoms with Crippen molar-refractivity contribution in [1.82, 2.24) is 0 Å². The van der Waals surface area contributed by atoms with Crippen LogP contribution in [0.25, 0.3) is 6.08 Å². The molecule has 1 amide bonds. The highest BCUT2D eigenvalue weighted by molar-refractivity contribution is 8.27. The summed E-state index contributed by atoms with van der Waals surface area (Å²) in [5.41, 5.74) is 2.92. The number of aryl methyl sites for hydroxylation is 1. The van der Waals surface area contributed by atoms with E-state index in [1.165, 1.54) is 24.9 Å². The Bertz CT molecular complexity index is 1320. The highest BCUT2D eigenvalue weighted by Crippen LogP contribution is 2.38. The van der Waals surface area contributed by atoms with Crippen molar-refractivity contribution < 1.29 is 19.2 Å². The van der Waals surface area contributed by atoms with E-state index in [1.54, 1.807) is 47.4 Å². The average molecular weight is 493 g/mol. The summed E-state index contributed by atoms with van der Waals surface area (Å²) in [6, 6.07) is 19.3. The number of hydrogen-bond donors (Lipinski definition) is 0. The first-order valence-corrected chi connectivity index (χ1v) is 11.5. The molecule has 3 aromatic rings. The topological polar surface area (TPSA) is 81.9 Å². The van der Waals surface area contributed by atoms with E-state index in [-0.39, 0.29) is 18.2 Å². The second kappa shape index (κ2) is 10.1. The minimum Gasteiger partial charge on any atom is -0.493 e. The van der Waals surface area contributed by atoms with E-state index in [1.807, 2.05) is 31.2 Å². The molecule has 1 heterocycles. The Kier molecular flexibility index (Phi) is 6.95. The van der Waals surface area contributed by atoms with Crippen LogP contribution in [0, 0.1) is 17.0 Å². The molecular formula is C25H20N2O5S2. The third-order valence-corrected chi connectivity index (χ3v) is 6.51. The normalized spacial score (nSPS) is 14.5. The fourth-order valence-electron chi connectivity index (χ4n) is 3.50. The maximum absolute atomic E-state index is 13.1. The number of anilines is 1. The van der Waals surface area contributed by atoms with Gasteiger partial charge in [-0.25, -0.2) is 0 Å². The van der Waals surface area contributed by atoms with Crippen molar-refractivity contribution in [2.45, 2.75) is 13.5 Å². The maximum atomic E-state index is 13.1. The molecule has 7 nitrogen and oxygen atoms in total. The zero-order valence-electron chi connectivity index (χ0n) is 18.4. The van der Waals surface area contributed by atoms with Gasteiger partial charge in [-0.3, -0.25) is 19.8 Å². The van der Waals surface area contributed by atoms with Gasteiger partial charge in [0.15, 0.2) is 15.8 Å². The van der Waals surface area contributed by atoms with Gasteiger partial charge in [0, 0.05) is 6.07 Å². The number of thioether (sulfide) groups is 1. The number of carbonyl (C=O) groups excluding carboxylic acids is 1. The SMILES string of the molecule is COc1cc(/C=C2\SC(=S)N(c3ccccc3C)C2=O)ccc1OCc1ccccc1[N+](=O)[O-]. The first-order valence-electron chi connectivity index (χ1n) is 10.3. The monoisotopic (exact) mass is 492 g/mol. The number of rotatable bonds is 7. The number of thiocarbonyl (C=S) groups is 1. The van der Waals surface area contributed by atoms with Crippen molar-refractivity contribution in [3.8, 4) is 11.5 Å². The lowest BCUT2D eigenvalue weighted by molar-refractivity contribution is -0.385. The lowest BCUT2D eigenvalue weighted by Gasteiger charge is -2.16. The molecule has 0 aliphatic carbocycles. The molecule has 34 heavy (non-hydrogen) atoms. The molecule has 1 fully saturated rings. The van der Waals surface area contributed by atoms with Crippen molar-refractivity contribution >= 4 is 51.7 Å². The number of carbonyl (C=O) groups is 1. The Morgan fingerprint density at radius 1 is 1.09 bits per heavy atom. The van der Waals surface area contributed by atoms with Gasteiger partial charge in [-0.2, -0.15) is 0 Å². The highest BCUT2D eigenvalue weighted by Gasteiger charge is 2.34. The first-order chi connectivity index (χ1) is 16.4. The van der Waals surface area contributed by atoms with Crippen LogP contribution in [0.15, 0.2) is 71.6 Å². The van der Waals surface area contributed by atoms with Crippen molar-refractivity contribution in [2.75, 3.05) is 12.0 Å². The zero-order valence-corrected chi connectivity index (χ0v) is 20.0. The maximum Gasteiger partial charge on any atom is 0.276 e. The van der Waals surface area contributed by atoms with Gasteiger partial charge >= 0.3 is 0 Å². The van der Waals surface area contributed by atoms with Crippen LogP contribution in [0.4, 0.5) is 11.4 Å². The molecule has 0 atom stereocenters. The van der Waals surface area contributed by atoms with E-state index in [9.17, 15) is 14.9 Å². The number of nitrogens with zero attached hydrogens (tertiary/aromatic N) is 2. The van der Waals surface area contributed by atoms with Crippen LogP contribution in [-0.2, 0) is 11.4 Å². The van der Waals surface area contributed by atoms with Gasteiger partial charge in [0.1, 0.15) is 6.61 Å². The number of nitro groups is 1. The molecule has 1 aliphatic rings. The fraction of sp³-hybridized carbons (Fsp3) is 0.120. The number of nitro benzene ring substituents is 1. The van der Waals surface area contributed by atoms with Crippen LogP contribution in [0.3, 0.4) is 0 Å². The quantitative estimate of drug-likeness (QED) is 0.176. The second-order valence-corrected chi connectivity index (χ2v) is 9.06. The van der Waals surface area contributed by atoms with Crippen molar-refractivity contribution in [2.24, 2.45) is 0 Å². The number of amides is 1. The summed E-state index contributed by atoms with van der Waals surface area (Å²) < 4.78 is 11.7. The average Bonchev–Trinajstić information content (AvgIpc) is 3.11. The number of hydrogen-bond acceptors (Lipinski definition) is 7. The van der Waals surface area contributed by atoms with Crippen LogP contribution in [-0.4, -0.2) is 22.3 Å². The Morgan fingerprint density at radius 3 is 2.56 bits per heavy atom.